The highest BCUT2D eigenvalue weighted by atomic mass is 35.5. The Morgan fingerprint density at radius 3 is 2.61 bits per heavy atom. The summed E-state index contributed by atoms with van der Waals surface area (Å²) in [5.74, 6) is -2.17. The maximum absolute atomic E-state index is 13.7. The number of unbranched alkanes of at least 4 members (excludes halogenated alkanes) is 2. The summed E-state index contributed by atoms with van der Waals surface area (Å²) < 4.78 is 6.12. The van der Waals surface area contributed by atoms with Gasteiger partial charge in [-0.05, 0) is 86.5 Å². The van der Waals surface area contributed by atoms with Crippen molar-refractivity contribution in [2.45, 2.75) is 90.5 Å². The molecule has 3 N–H and O–H groups in total. The highest BCUT2D eigenvalue weighted by Gasteiger charge is 2.56. The van der Waals surface area contributed by atoms with E-state index in [4.69, 9.17) is 21.4 Å². The number of hydrogen-bond donors (Lipinski definition) is 3. The van der Waals surface area contributed by atoms with Crippen molar-refractivity contribution < 1.29 is 34.3 Å². The molecule has 41 heavy (non-hydrogen) atoms. The third kappa shape index (κ3) is 7.24. The number of phenols is 1. The Bertz CT molecular complexity index is 1210. The van der Waals surface area contributed by atoms with Gasteiger partial charge in [-0.3, -0.25) is 19.3 Å². The monoisotopic (exact) mass is 585 g/mol. The van der Waals surface area contributed by atoms with Crippen LogP contribution in [0.15, 0.2) is 34.9 Å². The van der Waals surface area contributed by atoms with Crippen LogP contribution in [-0.2, 0) is 19.0 Å². The number of carboxylic acid groups (broad SMARTS) is 1. The minimum atomic E-state index is -1.01. The van der Waals surface area contributed by atoms with E-state index in [9.17, 15) is 24.5 Å². The van der Waals surface area contributed by atoms with Gasteiger partial charge in [0.1, 0.15) is 5.75 Å². The molecule has 2 amide bonds. The van der Waals surface area contributed by atoms with Gasteiger partial charge in [0.2, 0.25) is 11.8 Å². The number of carbonyl (C=O) groups excluding carboxylic acids is 2. The second kappa shape index (κ2) is 14.0. The molecule has 0 saturated carbocycles. The molecule has 2 saturated heterocycles. The molecule has 0 radical (unpaired) electrons. The van der Waals surface area contributed by atoms with Crippen molar-refractivity contribution in [3.05, 3.63) is 45.5 Å². The lowest BCUT2D eigenvalue weighted by molar-refractivity contribution is -0.141. The predicted molar refractivity (Wildman–Crippen MR) is 158 cm³/mol. The van der Waals surface area contributed by atoms with E-state index in [1.54, 1.807) is 12.1 Å². The number of rotatable bonds is 13. The number of carbonyl (C=O) groups is 3. The quantitative estimate of drug-likeness (QED) is 0.115. The molecular formula is C31H41BClNO7. The van der Waals surface area contributed by atoms with Gasteiger partial charge >= 0.3 is 13.1 Å². The molecule has 0 spiro atoms. The van der Waals surface area contributed by atoms with E-state index in [0.717, 1.165) is 36.0 Å². The lowest BCUT2D eigenvalue weighted by Crippen LogP contribution is -2.46. The van der Waals surface area contributed by atoms with Crippen LogP contribution >= 0.6 is 11.6 Å². The number of aliphatic carboxylic acids is 1. The Morgan fingerprint density at radius 2 is 1.93 bits per heavy atom. The van der Waals surface area contributed by atoms with Gasteiger partial charge in [0.05, 0.1) is 23.0 Å². The fourth-order valence-corrected chi connectivity index (χ4v) is 7.06. The first-order valence-electron chi connectivity index (χ1n) is 14.9. The van der Waals surface area contributed by atoms with E-state index >= 15 is 0 Å². The van der Waals surface area contributed by atoms with E-state index in [2.05, 4.69) is 13.8 Å². The van der Waals surface area contributed by atoms with Gasteiger partial charge in [-0.1, -0.05) is 55.5 Å². The van der Waals surface area contributed by atoms with Crippen LogP contribution in [0.25, 0.3) is 6.08 Å². The van der Waals surface area contributed by atoms with Crippen LogP contribution in [0.5, 0.6) is 5.75 Å². The maximum Gasteiger partial charge on any atom is 0.455 e. The molecule has 4 rings (SSSR count). The minimum absolute atomic E-state index is 0.0824. The number of imide groups is 1. The van der Waals surface area contributed by atoms with E-state index < -0.39 is 24.9 Å². The van der Waals surface area contributed by atoms with Crippen LogP contribution in [0.4, 0.5) is 0 Å². The predicted octanol–water partition coefficient (Wildman–Crippen LogP) is 5.86. The van der Waals surface area contributed by atoms with Crippen molar-refractivity contribution in [3.63, 3.8) is 0 Å². The van der Waals surface area contributed by atoms with Gasteiger partial charge in [0.15, 0.2) is 0 Å². The van der Waals surface area contributed by atoms with E-state index in [1.165, 1.54) is 16.5 Å². The van der Waals surface area contributed by atoms with Crippen LogP contribution in [0, 0.1) is 17.8 Å². The summed E-state index contributed by atoms with van der Waals surface area (Å²) >= 11 is 6.34. The zero-order valence-electron chi connectivity index (χ0n) is 24.0. The average Bonchev–Trinajstić information content (AvgIpc) is 3.16. The zero-order chi connectivity index (χ0) is 29.7. The summed E-state index contributed by atoms with van der Waals surface area (Å²) in [6.45, 7) is 4.49. The SMILES string of the molecule is CCCC1=C2[C@@H](CC/C(=C/c3ccc(O)cc3Cl)CC)OB(O)C[C@@H]2[C@@H]2C(=O)N(CCCCCC(=O)O)C(=O)[C@@H]2C1. The van der Waals surface area contributed by atoms with Crippen molar-refractivity contribution >= 4 is 42.6 Å². The molecule has 1 aliphatic carbocycles. The van der Waals surface area contributed by atoms with E-state index in [-0.39, 0.29) is 36.0 Å². The van der Waals surface area contributed by atoms with Crippen LogP contribution in [0.1, 0.15) is 83.6 Å². The second-order valence-corrected chi connectivity index (χ2v) is 11.9. The van der Waals surface area contributed by atoms with Gasteiger partial charge < -0.3 is 19.9 Å². The molecule has 222 valence electrons. The normalized spacial score (nSPS) is 24.6. The number of carboxylic acids is 1. The van der Waals surface area contributed by atoms with Gasteiger partial charge in [-0.2, -0.15) is 0 Å². The number of phenolic OH excluding ortho intramolecular Hbond substituents is 1. The Morgan fingerprint density at radius 1 is 1.15 bits per heavy atom. The Balaban J connectivity index is 1.53. The molecule has 10 heteroatoms. The number of nitrogens with zero attached hydrogens (tertiary/aromatic N) is 1. The summed E-state index contributed by atoms with van der Waals surface area (Å²) in [5, 5.41) is 29.8. The number of fused-ring (bicyclic) bond motifs is 3. The Labute approximate surface area is 247 Å². The van der Waals surface area contributed by atoms with E-state index in [1.807, 2.05) is 6.08 Å². The lowest BCUT2D eigenvalue weighted by atomic mass is 9.58. The third-order valence-corrected chi connectivity index (χ3v) is 9.08. The molecule has 2 fully saturated rings. The molecular weight excluding hydrogens is 545 g/mol. The highest BCUT2D eigenvalue weighted by Crippen LogP contribution is 2.51. The fraction of sp³-hybridized carbons (Fsp3) is 0.581. The molecule has 8 nitrogen and oxygen atoms in total. The van der Waals surface area contributed by atoms with E-state index in [0.29, 0.717) is 56.4 Å². The third-order valence-electron chi connectivity index (χ3n) is 8.75. The van der Waals surface area contributed by atoms with Crippen molar-refractivity contribution in [2.75, 3.05) is 6.54 Å². The second-order valence-electron chi connectivity index (χ2n) is 11.5. The number of aromatic hydroxyl groups is 1. The largest absolute Gasteiger partial charge is 0.508 e. The van der Waals surface area contributed by atoms with Crippen molar-refractivity contribution in [3.8, 4) is 5.75 Å². The Kier molecular flexibility index (Phi) is 10.7. The smallest absolute Gasteiger partial charge is 0.455 e. The molecule has 1 aromatic rings. The molecule has 2 heterocycles. The van der Waals surface area contributed by atoms with Crippen LogP contribution in [-0.4, -0.2) is 57.7 Å². The van der Waals surface area contributed by atoms with Gasteiger partial charge in [0, 0.05) is 13.0 Å². The number of halogens is 1. The zero-order valence-corrected chi connectivity index (χ0v) is 24.7. The van der Waals surface area contributed by atoms with Crippen LogP contribution in [0.3, 0.4) is 0 Å². The molecule has 0 aromatic heterocycles. The first kappa shape index (κ1) is 31.3. The summed E-state index contributed by atoms with van der Waals surface area (Å²) in [6.07, 6.45) is 8.24. The molecule has 0 bridgehead atoms. The fourth-order valence-electron chi connectivity index (χ4n) is 6.83. The molecule has 2 aliphatic heterocycles. The van der Waals surface area contributed by atoms with Gasteiger partial charge in [-0.25, -0.2) is 0 Å². The topological polar surface area (TPSA) is 124 Å². The number of benzene rings is 1. The summed E-state index contributed by atoms with van der Waals surface area (Å²) in [4.78, 5) is 39.3. The minimum Gasteiger partial charge on any atom is -0.508 e. The maximum atomic E-state index is 13.7. The number of amides is 2. The Hall–Kier alpha value is -2.62. The first-order valence-corrected chi connectivity index (χ1v) is 15.3. The average molecular weight is 586 g/mol. The first-order chi connectivity index (χ1) is 19.6. The molecule has 3 aliphatic rings. The van der Waals surface area contributed by atoms with Crippen molar-refractivity contribution in [1.82, 2.24) is 4.90 Å². The van der Waals surface area contributed by atoms with Gasteiger partial charge in [0.25, 0.3) is 0 Å². The molecule has 1 aromatic carbocycles. The van der Waals surface area contributed by atoms with Crippen molar-refractivity contribution in [1.29, 1.82) is 0 Å². The van der Waals surface area contributed by atoms with Crippen LogP contribution < -0.4 is 0 Å². The number of hydrogen-bond acceptors (Lipinski definition) is 6. The molecule has 4 atom stereocenters. The van der Waals surface area contributed by atoms with Crippen molar-refractivity contribution in [2.24, 2.45) is 17.8 Å². The van der Waals surface area contributed by atoms with Gasteiger partial charge in [-0.15, -0.1) is 0 Å². The summed E-state index contributed by atoms with van der Waals surface area (Å²) in [6, 6.07) is 4.91. The number of likely N-dealkylation sites (tertiary alicyclic amines) is 1. The standard InChI is InChI=1S/C31H41BClNO7/c1-3-8-21-16-23-29(31(39)34(30(23)38)14-7-5-6-9-27(36)37)24-18-32(40)41-26(28(21)24)13-10-19(4-2)15-20-11-12-22(35)17-25(20)33/h11-12,15,17,23-24,26,29,35,40H,3-10,13-14,16,18H2,1-2H3,(H,36,37)/b19-15+/t23-,24+,26-,29-/m1/s1. The molecule has 0 unspecified atom stereocenters. The lowest BCUT2D eigenvalue weighted by Gasteiger charge is -2.43. The summed E-state index contributed by atoms with van der Waals surface area (Å²) in [7, 11) is -1.01. The highest BCUT2D eigenvalue weighted by molar-refractivity contribution is 6.43. The summed E-state index contributed by atoms with van der Waals surface area (Å²) in [5.41, 5.74) is 4.27. The number of allylic oxidation sites excluding steroid dienone is 2. The van der Waals surface area contributed by atoms with Crippen LogP contribution in [0.2, 0.25) is 11.3 Å².